The summed E-state index contributed by atoms with van der Waals surface area (Å²) in [6, 6.07) is 7.45. The van der Waals surface area contributed by atoms with Crippen molar-refractivity contribution in [3.63, 3.8) is 0 Å². The number of hydrogen-bond acceptors (Lipinski definition) is 6. The van der Waals surface area contributed by atoms with Crippen LogP contribution in [0.1, 0.15) is 39.1 Å². The summed E-state index contributed by atoms with van der Waals surface area (Å²) >= 11 is 0. The molecule has 0 bridgehead atoms. The van der Waals surface area contributed by atoms with Crippen LogP contribution in [0.4, 0.5) is 4.79 Å². The normalized spacial score (nSPS) is 11.0. The number of alkyl carbamates (subject to hydrolysis) is 1. The Balaban J connectivity index is 1.98. The summed E-state index contributed by atoms with van der Waals surface area (Å²) in [7, 11) is 0. The van der Waals surface area contributed by atoms with E-state index in [0.717, 1.165) is 11.1 Å². The van der Waals surface area contributed by atoms with Crippen molar-refractivity contribution in [2.75, 3.05) is 0 Å². The number of nitrogens with zero attached hydrogens (tertiary/aromatic N) is 2. The number of carbonyl (C=O) groups excluding carboxylic acids is 2. The number of amides is 2. The topological polar surface area (TPSA) is 106 Å². The minimum absolute atomic E-state index is 0.0769. The molecule has 1 aromatic heterocycles. The first kappa shape index (κ1) is 18.4. The number of nitrogens with one attached hydrogen (secondary N) is 2. The standard InChI is InChI=1S/C17H22N4O4/c1-11(22)18-9-12-6-5-7-13(8-12)15-20-14(25-21-15)10-19-16(23)24-17(2,3)4/h5-8H,9-10H2,1-4H3,(H,18,22)(H,19,23). The molecule has 1 aromatic carbocycles. The average molecular weight is 346 g/mol. The Kier molecular flexibility index (Phi) is 5.74. The van der Waals surface area contributed by atoms with E-state index >= 15 is 0 Å². The van der Waals surface area contributed by atoms with Gasteiger partial charge in [0.2, 0.25) is 17.6 Å². The van der Waals surface area contributed by atoms with Gasteiger partial charge in [0, 0.05) is 19.0 Å². The molecule has 0 atom stereocenters. The van der Waals surface area contributed by atoms with E-state index in [0.29, 0.717) is 12.4 Å². The SMILES string of the molecule is CC(=O)NCc1cccc(-c2noc(CNC(=O)OC(C)(C)C)n2)c1. The van der Waals surface area contributed by atoms with Crippen LogP contribution in [-0.2, 0) is 22.6 Å². The van der Waals surface area contributed by atoms with Gasteiger partial charge >= 0.3 is 6.09 Å². The molecule has 0 radical (unpaired) electrons. The van der Waals surface area contributed by atoms with Crippen LogP contribution >= 0.6 is 0 Å². The molecule has 0 aliphatic rings. The van der Waals surface area contributed by atoms with Crippen molar-refractivity contribution in [1.29, 1.82) is 0 Å². The predicted octanol–water partition coefficient (Wildman–Crippen LogP) is 2.40. The van der Waals surface area contributed by atoms with Gasteiger partial charge in [-0.1, -0.05) is 23.4 Å². The number of rotatable bonds is 5. The summed E-state index contributed by atoms with van der Waals surface area (Å²) < 4.78 is 10.3. The third kappa shape index (κ3) is 6.25. The van der Waals surface area contributed by atoms with Gasteiger partial charge in [0.15, 0.2) is 0 Å². The van der Waals surface area contributed by atoms with Crippen molar-refractivity contribution >= 4 is 12.0 Å². The number of benzene rings is 1. The Morgan fingerprint density at radius 1 is 1.20 bits per heavy atom. The van der Waals surface area contributed by atoms with Crippen molar-refractivity contribution in [3.8, 4) is 11.4 Å². The average Bonchev–Trinajstić information content (AvgIpc) is 2.99. The zero-order chi connectivity index (χ0) is 18.4. The van der Waals surface area contributed by atoms with Crippen LogP contribution in [0.5, 0.6) is 0 Å². The highest BCUT2D eigenvalue weighted by molar-refractivity contribution is 5.72. The van der Waals surface area contributed by atoms with E-state index in [9.17, 15) is 9.59 Å². The Hall–Kier alpha value is -2.90. The lowest BCUT2D eigenvalue weighted by Gasteiger charge is -2.19. The van der Waals surface area contributed by atoms with Crippen LogP contribution in [0.15, 0.2) is 28.8 Å². The molecular formula is C17H22N4O4. The number of hydrogen-bond donors (Lipinski definition) is 2. The van der Waals surface area contributed by atoms with Gasteiger partial charge in [-0.25, -0.2) is 4.79 Å². The van der Waals surface area contributed by atoms with Crippen molar-refractivity contribution in [2.24, 2.45) is 0 Å². The zero-order valence-electron chi connectivity index (χ0n) is 14.8. The smallest absolute Gasteiger partial charge is 0.408 e. The first-order valence-corrected chi connectivity index (χ1v) is 7.86. The highest BCUT2D eigenvalue weighted by atomic mass is 16.6. The van der Waals surface area contributed by atoms with Gasteiger partial charge in [-0.3, -0.25) is 4.79 Å². The maximum absolute atomic E-state index is 11.6. The van der Waals surface area contributed by atoms with Crippen LogP contribution < -0.4 is 10.6 Å². The fraction of sp³-hybridized carbons (Fsp3) is 0.412. The van der Waals surface area contributed by atoms with E-state index in [-0.39, 0.29) is 18.3 Å². The molecule has 0 unspecified atom stereocenters. The van der Waals surface area contributed by atoms with E-state index in [1.54, 1.807) is 20.8 Å². The van der Waals surface area contributed by atoms with E-state index in [1.807, 2.05) is 24.3 Å². The van der Waals surface area contributed by atoms with Crippen molar-refractivity contribution < 1.29 is 18.8 Å². The van der Waals surface area contributed by atoms with Gasteiger partial charge in [-0.2, -0.15) is 4.98 Å². The summed E-state index contributed by atoms with van der Waals surface area (Å²) in [5.41, 5.74) is 1.11. The Morgan fingerprint density at radius 3 is 2.64 bits per heavy atom. The maximum Gasteiger partial charge on any atom is 0.408 e. The first-order chi connectivity index (χ1) is 11.7. The molecule has 0 aliphatic carbocycles. The van der Waals surface area contributed by atoms with E-state index in [2.05, 4.69) is 20.8 Å². The van der Waals surface area contributed by atoms with Gasteiger partial charge < -0.3 is 19.9 Å². The molecule has 134 valence electrons. The minimum Gasteiger partial charge on any atom is -0.444 e. The summed E-state index contributed by atoms with van der Waals surface area (Å²) in [6.45, 7) is 7.32. The molecule has 0 saturated heterocycles. The lowest BCUT2D eigenvalue weighted by molar-refractivity contribution is -0.119. The summed E-state index contributed by atoms with van der Waals surface area (Å²) in [5, 5.41) is 9.20. The number of aromatic nitrogens is 2. The Morgan fingerprint density at radius 2 is 1.96 bits per heavy atom. The number of ether oxygens (including phenoxy) is 1. The van der Waals surface area contributed by atoms with Crippen LogP contribution in [0.25, 0.3) is 11.4 Å². The van der Waals surface area contributed by atoms with E-state index in [4.69, 9.17) is 9.26 Å². The van der Waals surface area contributed by atoms with Crippen LogP contribution in [0, 0.1) is 0 Å². The molecule has 0 saturated carbocycles. The maximum atomic E-state index is 11.6. The summed E-state index contributed by atoms with van der Waals surface area (Å²) in [6.07, 6.45) is -0.551. The minimum atomic E-state index is -0.571. The van der Waals surface area contributed by atoms with Crippen LogP contribution in [0.3, 0.4) is 0 Å². The molecule has 2 rings (SSSR count). The third-order valence-electron chi connectivity index (χ3n) is 2.98. The Labute approximate surface area is 145 Å². The largest absolute Gasteiger partial charge is 0.444 e. The van der Waals surface area contributed by atoms with E-state index in [1.165, 1.54) is 6.92 Å². The van der Waals surface area contributed by atoms with Crippen molar-refractivity contribution in [3.05, 3.63) is 35.7 Å². The Bertz CT molecular complexity index is 749. The van der Waals surface area contributed by atoms with Gasteiger partial charge in [-0.15, -0.1) is 0 Å². The summed E-state index contributed by atoms with van der Waals surface area (Å²) in [5.74, 6) is 0.583. The molecule has 8 heteroatoms. The van der Waals surface area contributed by atoms with Gasteiger partial charge in [-0.05, 0) is 32.4 Å². The quantitative estimate of drug-likeness (QED) is 0.861. The second kappa shape index (κ2) is 7.78. The zero-order valence-corrected chi connectivity index (χ0v) is 14.8. The molecule has 0 spiro atoms. The van der Waals surface area contributed by atoms with E-state index < -0.39 is 11.7 Å². The second-order valence-corrected chi connectivity index (χ2v) is 6.48. The molecule has 0 fully saturated rings. The van der Waals surface area contributed by atoms with Gasteiger partial charge in [0.1, 0.15) is 12.1 Å². The number of carbonyl (C=O) groups is 2. The fourth-order valence-electron chi connectivity index (χ4n) is 1.95. The molecule has 0 aliphatic heterocycles. The van der Waals surface area contributed by atoms with Gasteiger partial charge in [0.25, 0.3) is 0 Å². The molecule has 8 nitrogen and oxygen atoms in total. The molecule has 2 N–H and O–H groups in total. The van der Waals surface area contributed by atoms with Crippen molar-refractivity contribution in [1.82, 2.24) is 20.8 Å². The summed E-state index contributed by atoms with van der Waals surface area (Å²) in [4.78, 5) is 26.9. The fourth-order valence-corrected chi connectivity index (χ4v) is 1.95. The van der Waals surface area contributed by atoms with Crippen molar-refractivity contribution in [2.45, 2.75) is 46.4 Å². The highest BCUT2D eigenvalue weighted by Gasteiger charge is 2.17. The highest BCUT2D eigenvalue weighted by Crippen LogP contribution is 2.17. The van der Waals surface area contributed by atoms with Crippen LogP contribution in [0.2, 0.25) is 0 Å². The molecule has 1 heterocycles. The molecule has 2 aromatic rings. The lowest BCUT2D eigenvalue weighted by Crippen LogP contribution is -2.32. The predicted molar refractivity (Wildman–Crippen MR) is 90.3 cm³/mol. The molecule has 2 amide bonds. The molecular weight excluding hydrogens is 324 g/mol. The lowest BCUT2D eigenvalue weighted by atomic mass is 10.1. The second-order valence-electron chi connectivity index (χ2n) is 6.48. The van der Waals surface area contributed by atoms with Crippen LogP contribution in [-0.4, -0.2) is 27.7 Å². The van der Waals surface area contributed by atoms with Gasteiger partial charge in [0.05, 0.1) is 0 Å². The third-order valence-corrected chi connectivity index (χ3v) is 2.98. The molecule has 25 heavy (non-hydrogen) atoms. The monoisotopic (exact) mass is 346 g/mol. The first-order valence-electron chi connectivity index (χ1n) is 7.86.